The Morgan fingerprint density at radius 1 is 1.53 bits per heavy atom. The van der Waals surface area contributed by atoms with E-state index in [1.165, 1.54) is 12.5 Å². The lowest BCUT2D eigenvalue weighted by molar-refractivity contribution is 0.420. The zero-order chi connectivity index (χ0) is 12.6. The van der Waals surface area contributed by atoms with Crippen LogP contribution in [0.5, 0.6) is 0 Å². The summed E-state index contributed by atoms with van der Waals surface area (Å²) in [6.45, 7) is 4.55. The molecule has 17 heavy (non-hydrogen) atoms. The molecule has 0 amide bonds. The van der Waals surface area contributed by atoms with Crippen LogP contribution < -0.4 is 5.32 Å². The summed E-state index contributed by atoms with van der Waals surface area (Å²) >= 11 is 3.40. The maximum Gasteiger partial charge on any atom is 0.126 e. The molecule has 3 heteroatoms. The first-order chi connectivity index (χ1) is 7.94. The third-order valence-electron chi connectivity index (χ3n) is 3.89. The molecule has 1 nitrogen and oxygen atoms in total. The van der Waals surface area contributed by atoms with Gasteiger partial charge in [0.1, 0.15) is 5.82 Å². The molecular formula is C14H19BrFN. The first-order valence-electron chi connectivity index (χ1n) is 6.05. The summed E-state index contributed by atoms with van der Waals surface area (Å²) in [4.78, 5) is 0. The summed E-state index contributed by atoms with van der Waals surface area (Å²) in [5.74, 6) is 0.554. The van der Waals surface area contributed by atoms with Crippen LogP contribution in [0.2, 0.25) is 0 Å². The molecule has 0 bridgehead atoms. The second kappa shape index (κ2) is 4.69. The second-order valence-electron chi connectivity index (χ2n) is 5.63. The SMILES string of the molecule is CNC(Cc1cc(Br)ccc1F)C1CC1(C)C. The molecular weight excluding hydrogens is 281 g/mol. The first kappa shape index (κ1) is 13.0. The minimum Gasteiger partial charge on any atom is -0.316 e. The maximum absolute atomic E-state index is 13.7. The van der Waals surface area contributed by atoms with E-state index in [1.807, 2.05) is 13.1 Å². The van der Waals surface area contributed by atoms with Crippen LogP contribution in [0.4, 0.5) is 4.39 Å². The Labute approximate surface area is 111 Å². The number of likely N-dealkylation sites (N-methyl/N-ethyl adjacent to an activating group) is 1. The average molecular weight is 300 g/mol. The molecule has 2 unspecified atom stereocenters. The lowest BCUT2D eigenvalue weighted by Gasteiger charge is -2.18. The third-order valence-corrected chi connectivity index (χ3v) is 4.39. The predicted octanol–water partition coefficient (Wildman–Crippen LogP) is 3.76. The second-order valence-corrected chi connectivity index (χ2v) is 6.55. The van der Waals surface area contributed by atoms with Crippen LogP contribution in [0.3, 0.4) is 0 Å². The summed E-state index contributed by atoms with van der Waals surface area (Å²) in [5.41, 5.74) is 1.21. The molecule has 1 aliphatic carbocycles. The van der Waals surface area contributed by atoms with E-state index in [0.29, 0.717) is 17.4 Å². The van der Waals surface area contributed by atoms with Crippen molar-refractivity contribution >= 4 is 15.9 Å². The van der Waals surface area contributed by atoms with Crippen LogP contribution in [-0.4, -0.2) is 13.1 Å². The molecule has 1 aromatic carbocycles. The zero-order valence-corrected chi connectivity index (χ0v) is 12.1. The zero-order valence-electron chi connectivity index (χ0n) is 10.6. The van der Waals surface area contributed by atoms with Gasteiger partial charge in [0.05, 0.1) is 0 Å². The first-order valence-corrected chi connectivity index (χ1v) is 6.84. The van der Waals surface area contributed by atoms with E-state index in [2.05, 4.69) is 35.1 Å². The lowest BCUT2D eigenvalue weighted by atomic mass is 9.97. The highest BCUT2D eigenvalue weighted by Gasteiger charge is 2.49. The van der Waals surface area contributed by atoms with Gasteiger partial charge in [-0.1, -0.05) is 29.8 Å². The van der Waals surface area contributed by atoms with Crippen molar-refractivity contribution in [1.29, 1.82) is 0 Å². The molecule has 1 fully saturated rings. The minimum atomic E-state index is -0.105. The summed E-state index contributed by atoms with van der Waals surface area (Å²) in [6, 6.07) is 5.53. The molecule has 1 saturated carbocycles. The van der Waals surface area contributed by atoms with Crippen LogP contribution in [-0.2, 0) is 6.42 Å². The molecule has 1 aromatic rings. The normalized spacial score (nSPS) is 23.5. The fourth-order valence-electron chi connectivity index (χ4n) is 2.58. The summed E-state index contributed by atoms with van der Waals surface area (Å²) in [6.07, 6.45) is 1.99. The van der Waals surface area contributed by atoms with E-state index in [4.69, 9.17) is 0 Å². The van der Waals surface area contributed by atoms with Gasteiger partial charge in [-0.25, -0.2) is 4.39 Å². The number of nitrogens with one attached hydrogen (secondary N) is 1. The molecule has 0 aliphatic heterocycles. The van der Waals surface area contributed by atoms with Crippen molar-refractivity contribution in [1.82, 2.24) is 5.32 Å². The largest absolute Gasteiger partial charge is 0.316 e. The van der Waals surface area contributed by atoms with Gasteiger partial charge in [0.25, 0.3) is 0 Å². The average Bonchev–Trinajstić information content (AvgIpc) is 2.89. The van der Waals surface area contributed by atoms with Crippen molar-refractivity contribution in [2.24, 2.45) is 11.3 Å². The molecule has 2 atom stereocenters. The topological polar surface area (TPSA) is 12.0 Å². The Kier molecular flexibility index (Phi) is 3.60. The molecule has 0 spiro atoms. The van der Waals surface area contributed by atoms with E-state index >= 15 is 0 Å². The van der Waals surface area contributed by atoms with Crippen LogP contribution in [0, 0.1) is 17.2 Å². The fourth-order valence-corrected chi connectivity index (χ4v) is 2.99. The van der Waals surface area contributed by atoms with Crippen molar-refractivity contribution in [3.05, 3.63) is 34.1 Å². The third kappa shape index (κ3) is 2.89. The van der Waals surface area contributed by atoms with Gasteiger partial charge in [-0.2, -0.15) is 0 Å². The smallest absolute Gasteiger partial charge is 0.126 e. The summed E-state index contributed by atoms with van der Waals surface area (Å²) in [5, 5.41) is 3.33. The van der Waals surface area contributed by atoms with E-state index in [1.54, 1.807) is 6.07 Å². The van der Waals surface area contributed by atoms with Gasteiger partial charge >= 0.3 is 0 Å². The Bertz CT molecular complexity index is 417. The van der Waals surface area contributed by atoms with Gasteiger partial charge in [0.2, 0.25) is 0 Å². The fraction of sp³-hybridized carbons (Fsp3) is 0.571. The number of hydrogen-bond donors (Lipinski definition) is 1. The number of hydrogen-bond acceptors (Lipinski definition) is 1. The van der Waals surface area contributed by atoms with Crippen molar-refractivity contribution < 1.29 is 4.39 Å². The highest BCUT2D eigenvalue weighted by Crippen LogP contribution is 2.54. The highest BCUT2D eigenvalue weighted by atomic mass is 79.9. The Balaban J connectivity index is 2.11. The molecule has 0 saturated heterocycles. The Hall–Kier alpha value is -0.410. The van der Waals surface area contributed by atoms with Crippen LogP contribution in [0.25, 0.3) is 0 Å². The predicted molar refractivity (Wildman–Crippen MR) is 72.5 cm³/mol. The summed E-state index contributed by atoms with van der Waals surface area (Å²) < 4.78 is 14.6. The van der Waals surface area contributed by atoms with E-state index in [0.717, 1.165) is 16.5 Å². The van der Waals surface area contributed by atoms with E-state index < -0.39 is 0 Å². The standard InChI is InChI=1S/C14H19BrFN/c1-14(2)8-11(14)13(17-3)7-9-6-10(15)4-5-12(9)16/h4-6,11,13,17H,7-8H2,1-3H3. The van der Waals surface area contributed by atoms with Gasteiger partial charge in [-0.3, -0.25) is 0 Å². The van der Waals surface area contributed by atoms with Crippen molar-refractivity contribution in [2.45, 2.75) is 32.7 Å². The van der Waals surface area contributed by atoms with Crippen LogP contribution >= 0.6 is 15.9 Å². The van der Waals surface area contributed by atoms with Gasteiger partial charge in [0.15, 0.2) is 0 Å². The molecule has 0 heterocycles. The Morgan fingerprint density at radius 3 is 2.71 bits per heavy atom. The van der Waals surface area contributed by atoms with Gasteiger partial charge in [-0.15, -0.1) is 0 Å². The number of rotatable bonds is 4. The lowest BCUT2D eigenvalue weighted by Crippen LogP contribution is -2.31. The molecule has 1 N–H and O–H groups in total. The quantitative estimate of drug-likeness (QED) is 0.892. The highest BCUT2D eigenvalue weighted by molar-refractivity contribution is 9.10. The van der Waals surface area contributed by atoms with Crippen molar-refractivity contribution in [2.75, 3.05) is 7.05 Å². The number of benzene rings is 1. The van der Waals surface area contributed by atoms with Gasteiger partial charge < -0.3 is 5.32 Å². The molecule has 2 rings (SSSR count). The van der Waals surface area contributed by atoms with E-state index in [-0.39, 0.29) is 5.82 Å². The van der Waals surface area contributed by atoms with Crippen molar-refractivity contribution in [3.8, 4) is 0 Å². The van der Waals surface area contributed by atoms with Crippen LogP contribution in [0.15, 0.2) is 22.7 Å². The summed E-state index contributed by atoms with van der Waals surface area (Å²) in [7, 11) is 1.97. The molecule has 0 aromatic heterocycles. The molecule has 1 aliphatic rings. The molecule has 0 radical (unpaired) electrons. The van der Waals surface area contributed by atoms with Gasteiger partial charge in [0, 0.05) is 10.5 Å². The monoisotopic (exact) mass is 299 g/mol. The van der Waals surface area contributed by atoms with E-state index in [9.17, 15) is 4.39 Å². The van der Waals surface area contributed by atoms with Crippen molar-refractivity contribution in [3.63, 3.8) is 0 Å². The van der Waals surface area contributed by atoms with Gasteiger partial charge in [-0.05, 0) is 55.0 Å². The number of halogens is 2. The Morgan fingerprint density at radius 2 is 2.18 bits per heavy atom. The minimum absolute atomic E-state index is 0.105. The van der Waals surface area contributed by atoms with Crippen LogP contribution in [0.1, 0.15) is 25.8 Å². The molecule has 94 valence electrons. The maximum atomic E-state index is 13.7.